The van der Waals surface area contributed by atoms with Crippen molar-refractivity contribution >= 4 is 40.4 Å². The van der Waals surface area contributed by atoms with Crippen molar-refractivity contribution < 1.29 is 9.59 Å². The van der Waals surface area contributed by atoms with E-state index in [1.165, 1.54) is 0 Å². The van der Waals surface area contributed by atoms with Crippen LogP contribution in [0.1, 0.15) is 17.7 Å². The number of anilines is 1. The molecule has 3 heterocycles. The van der Waals surface area contributed by atoms with Gasteiger partial charge in [-0.1, -0.05) is 17.7 Å². The zero-order chi connectivity index (χ0) is 16.2. The molecule has 23 heavy (non-hydrogen) atoms. The highest BCUT2D eigenvalue weighted by Gasteiger charge is 2.34. The molecule has 0 radical (unpaired) electrons. The van der Waals surface area contributed by atoms with Crippen molar-refractivity contribution in [1.29, 1.82) is 0 Å². The molecule has 0 saturated carbocycles. The molecule has 0 unspecified atom stereocenters. The molecule has 2 aromatic rings. The number of carbonyl (C=O) groups excluding carboxylic acids is 2. The highest BCUT2D eigenvalue weighted by Crippen LogP contribution is 2.23. The SMILES string of the molecule is O=C(Nc1cccnc1Cl)[C@H]1CCCN1C(=O)Cc1cccs1. The lowest BCUT2D eigenvalue weighted by atomic mass is 10.2. The predicted octanol–water partition coefficient (Wildman–Crippen LogP) is 2.97. The van der Waals surface area contributed by atoms with Gasteiger partial charge in [0.05, 0.1) is 12.1 Å². The summed E-state index contributed by atoms with van der Waals surface area (Å²) in [6, 6.07) is 6.81. The van der Waals surface area contributed by atoms with Crippen LogP contribution >= 0.6 is 22.9 Å². The van der Waals surface area contributed by atoms with Crippen LogP contribution in [-0.2, 0) is 16.0 Å². The maximum absolute atomic E-state index is 12.5. The Morgan fingerprint density at radius 1 is 1.39 bits per heavy atom. The van der Waals surface area contributed by atoms with Crippen LogP contribution < -0.4 is 5.32 Å². The lowest BCUT2D eigenvalue weighted by Crippen LogP contribution is -2.43. The molecule has 1 N–H and O–H groups in total. The van der Waals surface area contributed by atoms with Crippen LogP contribution in [0.4, 0.5) is 5.69 Å². The van der Waals surface area contributed by atoms with Gasteiger partial charge in [-0.2, -0.15) is 0 Å². The summed E-state index contributed by atoms with van der Waals surface area (Å²) in [5.74, 6) is -0.223. The van der Waals surface area contributed by atoms with Gasteiger partial charge in [-0.05, 0) is 36.4 Å². The Kier molecular flexibility index (Phi) is 4.93. The summed E-state index contributed by atoms with van der Waals surface area (Å²) in [7, 11) is 0. The number of nitrogens with one attached hydrogen (secondary N) is 1. The molecule has 1 saturated heterocycles. The van der Waals surface area contributed by atoms with Crippen molar-refractivity contribution in [3.63, 3.8) is 0 Å². The Hall–Kier alpha value is -1.92. The van der Waals surface area contributed by atoms with E-state index in [2.05, 4.69) is 10.3 Å². The average Bonchev–Trinajstić information content (AvgIpc) is 3.20. The molecule has 1 aliphatic heterocycles. The summed E-state index contributed by atoms with van der Waals surface area (Å²) in [4.78, 5) is 31.6. The second-order valence-corrected chi connectivity index (χ2v) is 6.72. The minimum atomic E-state index is -0.446. The number of halogens is 1. The van der Waals surface area contributed by atoms with Crippen LogP contribution in [-0.4, -0.2) is 34.3 Å². The van der Waals surface area contributed by atoms with Gasteiger partial charge in [-0.3, -0.25) is 9.59 Å². The summed E-state index contributed by atoms with van der Waals surface area (Å²) < 4.78 is 0. The fourth-order valence-electron chi connectivity index (χ4n) is 2.70. The quantitative estimate of drug-likeness (QED) is 0.863. The highest BCUT2D eigenvalue weighted by atomic mass is 35.5. The lowest BCUT2D eigenvalue weighted by Gasteiger charge is -2.24. The summed E-state index contributed by atoms with van der Waals surface area (Å²) in [5.41, 5.74) is 0.469. The van der Waals surface area contributed by atoms with E-state index in [9.17, 15) is 9.59 Å². The molecule has 1 atom stereocenters. The van der Waals surface area contributed by atoms with Crippen molar-refractivity contribution in [2.45, 2.75) is 25.3 Å². The summed E-state index contributed by atoms with van der Waals surface area (Å²) >= 11 is 7.51. The standard InChI is InChI=1S/C16H16ClN3O2S/c17-15-12(5-1-7-18-15)19-16(22)13-6-2-8-20(13)14(21)10-11-4-3-9-23-11/h1,3-5,7,9,13H,2,6,8,10H2,(H,19,22)/t13-/m1/s1. The summed E-state index contributed by atoms with van der Waals surface area (Å²) in [6.45, 7) is 0.614. The molecule has 7 heteroatoms. The van der Waals surface area contributed by atoms with Crippen LogP contribution in [0, 0.1) is 0 Å². The van der Waals surface area contributed by atoms with E-state index in [1.54, 1.807) is 34.6 Å². The first-order chi connectivity index (χ1) is 11.1. The van der Waals surface area contributed by atoms with Crippen molar-refractivity contribution in [2.24, 2.45) is 0 Å². The third kappa shape index (κ3) is 3.71. The molecular formula is C16H16ClN3O2S. The van der Waals surface area contributed by atoms with Crippen LogP contribution in [0.2, 0.25) is 5.15 Å². The third-order valence-corrected chi connectivity index (χ3v) is 4.98. The van der Waals surface area contributed by atoms with E-state index in [1.807, 2.05) is 17.5 Å². The van der Waals surface area contributed by atoms with Gasteiger partial charge in [0, 0.05) is 17.6 Å². The number of nitrogens with zero attached hydrogens (tertiary/aromatic N) is 2. The molecule has 1 aliphatic rings. The minimum Gasteiger partial charge on any atom is -0.330 e. The van der Waals surface area contributed by atoms with E-state index in [4.69, 9.17) is 11.6 Å². The molecule has 120 valence electrons. The Labute approximate surface area is 143 Å². The average molecular weight is 350 g/mol. The van der Waals surface area contributed by atoms with E-state index in [0.29, 0.717) is 25.1 Å². The zero-order valence-electron chi connectivity index (χ0n) is 12.4. The van der Waals surface area contributed by atoms with E-state index in [-0.39, 0.29) is 17.0 Å². The van der Waals surface area contributed by atoms with Gasteiger partial charge in [0.15, 0.2) is 5.15 Å². The van der Waals surface area contributed by atoms with Crippen LogP contribution in [0.25, 0.3) is 0 Å². The number of hydrogen-bond donors (Lipinski definition) is 1. The lowest BCUT2D eigenvalue weighted by molar-refractivity contribution is -0.136. The molecule has 5 nitrogen and oxygen atoms in total. The number of likely N-dealkylation sites (tertiary alicyclic amines) is 1. The van der Waals surface area contributed by atoms with Gasteiger partial charge in [0.1, 0.15) is 6.04 Å². The fraction of sp³-hybridized carbons (Fsp3) is 0.312. The molecule has 2 aromatic heterocycles. The van der Waals surface area contributed by atoms with Gasteiger partial charge in [0.2, 0.25) is 11.8 Å². The predicted molar refractivity (Wildman–Crippen MR) is 90.6 cm³/mol. The van der Waals surface area contributed by atoms with E-state index in [0.717, 1.165) is 11.3 Å². The maximum atomic E-state index is 12.5. The van der Waals surface area contributed by atoms with E-state index >= 15 is 0 Å². The van der Waals surface area contributed by atoms with Gasteiger partial charge >= 0.3 is 0 Å². The molecule has 3 rings (SSSR count). The van der Waals surface area contributed by atoms with Crippen LogP contribution in [0.3, 0.4) is 0 Å². The normalized spacial score (nSPS) is 17.3. The first kappa shape index (κ1) is 16.0. The number of carbonyl (C=O) groups is 2. The molecule has 0 spiro atoms. The number of hydrogen-bond acceptors (Lipinski definition) is 4. The summed E-state index contributed by atoms with van der Waals surface area (Å²) in [6.07, 6.45) is 3.40. The van der Waals surface area contributed by atoms with Crippen molar-refractivity contribution in [3.8, 4) is 0 Å². The molecule has 2 amide bonds. The second kappa shape index (κ2) is 7.10. The van der Waals surface area contributed by atoms with Crippen LogP contribution in [0.15, 0.2) is 35.8 Å². The van der Waals surface area contributed by atoms with Gasteiger partial charge in [-0.25, -0.2) is 4.98 Å². The maximum Gasteiger partial charge on any atom is 0.247 e. The summed E-state index contributed by atoms with van der Waals surface area (Å²) in [5, 5.41) is 4.96. The minimum absolute atomic E-state index is 0.0117. The molecule has 1 fully saturated rings. The Morgan fingerprint density at radius 2 is 2.26 bits per heavy atom. The molecular weight excluding hydrogens is 334 g/mol. The van der Waals surface area contributed by atoms with Crippen LogP contribution in [0.5, 0.6) is 0 Å². The largest absolute Gasteiger partial charge is 0.330 e. The monoisotopic (exact) mass is 349 g/mol. The fourth-order valence-corrected chi connectivity index (χ4v) is 3.56. The van der Waals surface area contributed by atoms with E-state index < -0.39 is 6.04 Å². The topological polar surface area (TPSA) is 62.3 Å². The Morgan fingerprint density at radius 3 is 3.00 bits per heavy atom. The zero-order valence-corrected chi connectivity index (χ0v) is 13.9. The first-order valence-electron chi connectivity index (χ1n) is 7.38. The second-order valence-electron chi connectivity index (χ2n) is 5.33. The van der Waals surface area contributed by atoms with Gasteiger partial charge in [-0.15, -0.1) is 11.3 Å². The van der Waals surface area contributed by atoms with Gasteiger partial charge in [0.25, 0.3) is 0 Å². The number of aromatic nitrogens is 1. The Balaban J connectivity index is 1.67. The smallest absolute Gasteiger partial charge is 0.247 e. The van der Waals surface area contributed by atoms with Crippen molar-refractivity contribution in [3.05, 3.63) is 45.9 Å². The number of amides is 2. The molecule has 0 aliphatic carbocycles. The molecule has 0 bridgehead atoms. The van der Waals surface area contributed by atoms with Crippen molar-refractivity contribution in [2.75, 3.05) is 11.9 Å². The number of thiophene rings is 1. The third-order valence-electron chi connectivity index (χ3n) is 3.80. The van der Waals surface area contributed by atoms with Gasteiger partial charge < -0.3 is 10.2 Å². The first-order valence-corrected chi connectivity index (χ1v) is 8.64. The Bertz CT molecular complexity index is 705. The molecule has 0 aromatic carbocycles. The van der Waals surface area contributed by atoms with Crippen molar-refractivity contribution in [1.82, 2.24) is 9.88 Å². The highest BCUT2D eigenvalue weighted by molar-refractivity contribution is 7.10. The number of pyridine rings is 1. The number of rotatable bonds is 4.